The van der Waals surface area contributed by atoms with Crippen LogP contribution in [-0.2, 0) is 17.8 Å². The molecule has 0 bridgehead atoms. The number of benzene rings is 2. The molecule has 1 aliphatic heterocycles. The van der Waals surface area contributed by atoms with Gasteiger partial charge in [-0.1, -0.05) is 36.4 Å². The highest BCUT2D eigenvalue weighted by Crippen LogP contribution is 2.16. The fourth-order valence-electron chi connectivity index (χ4n) is 3.34. The average Bonchev–Trinajstić information content (AvgIpc) is 2.68. The van der Waals surface area contributed by atoms with Gasteiger partial charge in [0, 0.05) is 19.1 Å². The number of piperidine rings is 1. The van der Waals surface area contributed by atoms with Gasteiger partial charge < -0.3 is 10.1 Å². The van der Waals surface area contributed by atoms with Crippen LogP contribution in [0.4, 0.5) is 4.39 Å². The van der Waals surface area contributed by atoms with E-state index < -0.39 is 11.8 Å². The van der Waals surface area contributed by atoms with E-state index >= 15 is 0 Å². The molecule has 1 saturated heterocycles. The largest absolute Gasteiger partial charge is 0.465 e. The summed E-state index contributed by atoms with van der Waals surface area (Å²) in [5.74, 6) is -1.18. The van der Waals surface area contributed by atoms with Gasteiger partial charge in [-0.25, -0.2) is 9.18 Å². The molecule has 2 aromatic carbocycles. The van der Waals surface area contributed by atoms with Crippen LogP contribution in [-0.4, -0.2) is 37.1 Å². The average molecular weight is 356 g/mol. The quantitative estimate of drug-likeness (QED) is 0.806. The molecule has 5 heteroatoms. The number of nitrogens with zero attached hydrogens (tertiary/aromatic N) is 1. The number of hydrogen-bond acceptors (Lipinski definition) is 4. The zero-order valence-electron chi connectivity index (χ0n) is 15.1. The Bertz CT molecular complexity index is 728. The minimum Gasteiger partial charge on any atom is -0.465 e. The second kappa shape index (κ2) is 8.92. The molecule has 4 nitrogen and oxygen atoms in total. The number of ether oxygens (including phenoxy) is 1. The Hall–Kier alpha value is -2.24. The number of rotatable bonds is 6. The van der Waals surface area contributed by atoms with Gasteiger partial charge >= 0.3 is 5.97 Å². The summed E-state index contributed by atoms with van der Waals surface area (Å²) in [5.41, 5.74) is 2.16. The van der Waals surface area contributed by atoms with Crippen molar-refractivity contribution in [2.45, 2.75) is 32.0 Å². The fraction of sp³-hybridized carbons (Fsp3) is 0.381. The molecule has 0 spiro atoms. The van der Waals surface area contributed by atoms with E-state index in [9.17, 15) is 9.18 Å². The summed E-state index contributed by atoms with van der Waals surface area (Å²) in [5, 5.41) is 3.50. The Kier molecular flexibility index (Phi) is 6.36. The van der Waals surface area contributed by atoms with Crippen LogP contribution < -0.4 is 5.32 Å². The maximum Gasteiger partial charge on any atom is 0.340 e. The van der Waals surface area contributed by atoms with Gasteiger partial charge in [0.1, 0.15) is 5.82 Å². The Labute approximate surface area is 154 Å². The summed E-state index contributed by atoms with van der Waals surface area (Å²) in [4.78, 5) is 13.9. The summed E-state index contributed by atoms with van der Waals surface area (Å²) < 4.78 is 18.5. The molecule has 0 amide bonds. The molecule has 1 fully saturated rings. The molecule has 26 heavy (non-hydrogen) atoms. The molecule has 1 N–H and O–H groups in total. The Balaban J connectivity index is 1.45. The summed E-state index contributed by atoms with van der Waals surface area (Å²) in [6.45, 7) is 3.71. The SMILES string of the molecule is COC(=O)c1ccc(CNC2CCN(Cc3ccccc3)CC2)cc1F. The Morgan fingerprint density at radius 3 is 2.54 bits per heavy atom. The van der Waals surface area contributed by atoms with Crippen LogP contribution in [0.1, 0.15) is 34.3 Å². The number of likely N-dealkylation sites (tertiary alicyclic amines) is 1. The summed E-state index contributed by atoms with van der Waals surface area (Å²) in [6.07, 6.45) is 2.16. The molecule has 3 rings (SSSR count). The maximum absolute atomic E-state index is 14.0. The predicted molar refractivity (Wildman–Crippen MR) is 99.3 cm³/mol. The van der Waals surface area contributed by atoms with Gasteiger partial charge in [-0.15, -0.1) is 0 Å². The van der Waals surface area contributed by atoms with Crippen LogP contribution in [0.5, 0.6) is 0 Å². The van der Waals surface area contributed by atoms with E-state index in [-0.39, 0.29) is 5.56 Å². The lowest BCUT2D eigenvalue weighted by Gasteiger charge is -2.32. The van der Waals surface area contributed by atoms with E-state index in [2.05, 4.69) is 39.2 Å². The number of carbonyl (C=O) groups excluding carboxylic acids is 1. The van der Waals surface area contributed by atoms with Crippen LogP contribution in [0.2, 0.25) is 0 Å². The molecule has 2 aromatic rings. The Morgan fingerprint density at radius 1 is 1.15 bits per heavy atom. The zero-order chi connectivity index (χ0) is 18.4. The number of methoxy groups -OCH3 is 1. The predicted octanol–water partition coefficient (Wildman–Crippen LogP) is 3.37. The minimum atomic E-state index is -0.646. The molecule has 0 aliphatic carbocycles. The van der Waals surface area contributed by atoms with Crippen molar-refractivity contribution in [3.63, 3.8) is 0 Å². The second-order valence-electron chi connectivity index (χ2n) is 6.72. The zero-order valence-corrected chi connectivity index (χ0v) is 15.1. The van der Waals surface area contributed by atoms with Crippen molar-refractivity contribution in [2.24, 2.45) is 0 Å². The minimum absolute atomic E-state index is 0.0227. The third-order valence-electron chi connectivity index (χ3n) is 4.87. The van der Waals surface area contributed by atoms with E-state index in [1.165, 1.54) is 24.8 Å². The van der Waals surface area contributed by atoms with Crippen LogP contribution in [0, 0.1) is 5.82 Å². The standard InChI is InChI=1S/C21H25FN2O2/c1-26-21(25)19-8-7-17(13-20(19)22)14-23-18-9-11-24(12-10-18)15-16-5-3-2-4-6-16/h2-8,13,18,23H,9-12,14-15H2,1H3. The van der Waals surface area contributed by atoms with E-state index in [4.69, 9.17) is 0 Å². The molecule has 0 atom stereocenters. The topological polar surface area (TPSA) is 41.6 Å². The van der Waals surface area contributed by atoms with Crippen LogP contribution in [0.3, 0.4) is 0 Å². The number of carbonyl (C=O) groups is 1. The van der Waals surface area contributed by atoms with Crippen molar-refractivity contribution >= 4 is 5.97 Å². The molecular weight excluding hydrogens is 331 g/mol. The lowest BCUT2D eigenvalue weighted by molar-refractivity contribution is 0.0595. The number of halogens is 1. The van der Waals surface area contributed by atoms with Crippen molar-refractivity contribution in [1.29, 1.82) is 0 Å². The highest BCUT2D eigenvalue weighted by Gasteiger charge is 2.19. The Morgan fingerprint density at radius 2 is 1.88 bits per heavy atom. The van der Waals surface area contributed by atoms with Gasteiger partial charge in [-0.2, -0.15) is 0 Å². The third kappa shape index (κ3) is 4.90. The van der Waals surface area contributed by atoms with E-state index in [0.29, 0.717) is 12.6 Å². The molecule has 138 valence electrons. The molecule has 1 heterocycles. The first-order chi connectivity index (χ1) is 12.7. The van der Waals surface area contributed by atoms with Gasteiger partial charge in [0.2, 0.25) is 0 Å². The smallest absolute Gasteiger partial charge is 0.340 e. The van der Waals surface area contributed by atoms with E-state index in [0.717, 1.165) is 38.0 Å². The van der Waals surface area contributed by atoms with Gasteiger partial charge in [0.05, 0.1) is 12.7 Å². The monoisotopic (exact) mass is 356 g/mol. The van der Waals surface area contributed by atoms with E-state index in [1.54, 1.807) is 6.07 Å². The normalized spacial score (nSPS) is 15.8. The summed E-state index contributed by atoms with van der Waals surface area (Å²) in [7, 11) is 1.25. The first kappa shape index (κ1) is 18.5. The van der Waals surface area contributed by atoms with Crippen LogP contribution in [0.25, 0.3) is 0 Å². The number of nitrogens with one attached hydrogen (secondary N) is 1. The second-order valence-corrected chi connectivity index (χ2v) is 6.72. The molecule has 0 radical (unpaired) electrons. The highest BCUT2D eigenvalue weighted by molar-refractivity contribution is 5.89. The van der Waals surface area contributed by atoms with Gasteiger partial charge in [0.15, 0.2) is 0 Å². The third-order valence-corrected chi connectivity index (χ3v) is 4.87. The van der Waals surface area contributed by atoms with Crippen molar-refractivity contribution in [3.05, 3.63) is 71.0 Å². The summed E-state index contributed by atoms with van der Waals surface area (Å²) in [6, 6.07) is 15.6. The first-order valence-electron chi connectivity index (χ1n) is 9.02. The van der Waals surface area contributed by atoms with Crippen LogP contribution in [0.15, 0.2) is 48.5 Å². The van der Waals surface area contributed by atoms with Crippen molar-refractivity contribution < 1.29 is 13.9 Å². The number of esters is 1. The molecule has 0 aromatic heterocycles. The molecular formula is C21H25FN2O2. The van der Waals surface area contributed by atoms with Crippen LogP contribution >= 0.6 is 0 Å². The highest BCUT2D eigenvalue weighted by atomic mass is 19.1. The van der Waals surface area contributed by atoms with Gasteiger partial charge in [0.25, 0.3) is 0 Å². The van der Waals surface area contributed by atoms with E-state index in [1.807, 2.05) is 6.07 Å². The molecule has 0 unspecified atom stereocenters. The van der Waals surface area contributed by atoms with Gasteiger partial charge in [-0.05, 0) is 49.2 Å². The fourth-order valence-corrected chi connectivity index (χ4v) is 3.34. The lowest BCUT2D eigenvalue weighted by Crippen LogP contribution is -2.41. The van der Waals surface area contributed by atoms with Gasteiger partial charge in [-0.3, -0.25) is 4.90 Å². The molecule has 1 aliphatic rings. The number of hydrogen-bond donors (Lipinski definition) is 1. The maximum atomic E-state index is 14.0. The van der Waals surface area contributed by atoms with Crippen molar-refractivity contribution in [2.75, 3.05) is 20.2 Å². The van der Waals surface area contributed by atoms with Crippen molar-refractivity contribution in [1.82, 2.24) is 10.2 Å². The first-order valence-corrected chi connectivity index (χ1v) is 9.02. The lowest BCUT2D eigenvalue weighted by atomic mass is 10.0. The summed E-state index contributed by atoms with van der Waals surface area (Å²) >= 11 is 0. The van der Waals surface area contributed by atoms with Crippen molar-refractivity contribution in [3.8, 4) is 0 Å². The molecule has 0 saturated carbocycles.